The van der Waals surface area contributed by atoms with Gasteiger partial charge in [-0.25, -0.2) is 0 Å². The standard InChI is InChI=1S/C22H36N2O2/c1-15-11-18(4)19(5)21(12-15)26-20(6)22(25)23-8-7-9-24-13-16(2)10-17(3)14-24/h11-12,16-17,20H,7-10,13-14H2,1-6H3,(H,23,25). The third kappa shape index (κ3) is 6.01. The second-order valence-corrected chi connectivity index (χ2v) is 8.32. The van der Waals surface area contributed by atoms with Crippen LogP contribution in [0.2, 0.25) is 0 Å². The number of nitrogens with zero attached hydrogens (tertiary/aromatic N) is 1. The van der Waals surface area contributed by atoms with Crippen molar-refractivity contribution in [3.8, 4) is 5.75 Å². The van der Waals surface area contributed by atoms with Gasteiger partial charge in [0.1, 0.15) is 5.75 Å². The highest BCUT2D eigenvalue weighted by Crippen LogP contribution is 2.24. The summed E-state index contributed by atoms with van der Waals surface area (Å²) in [6.07, 6.45) is 1.84. The number of likely N-dealkylation sites (tertiary alicyclic amines) is 1. The minimum atomic E-state index is -0.482. The van der Waals surface area contributed by atoms with Crippen LogP contribution in [0.5, 0.6) is 5.75 Å². The number of piperidine rings is 1. The molecular formula is C22H36N2O2. The fraction of sp³-hybridized carbons (Fsp3) is 0.682. The van der Waals surface area contributed by atoms with Gasteiger partial charge in [0.15, 0.2) is 6.10 Å². The normalized spacial score (nSPS) is 22.1. The van der Waals surface area contributed by atoms with E-state index in [-0.39, 0.29) is 5.91 Å². The van der Waals surface area contributed by atoms with Gasteiger partial charge in [-0.1, -0.05) is 19.9 Å². The lowest BCUT2D eigenvalue weighted by Crippen LogP contribution is -2.41. The molecule has 1 aromatic carbocycles. The maximum atomic E-state index is 12.3. The van der Waals surface area contributed by atoms with Crippen LogP contribution < -0.4 is 10.1 Å². The molecule has 0 radical (unpaired) electrons. The molecule has 0 aromatic heterocycles. The summed E-state index contributed by atoms with van der Waals surface area (Å²) in [6.45, 7) is 16.8. The van der Waals surface area contributed by atoms with E-state index in [1.54, 1.807) is 0 Å². The van der Waals surface area contributed by atoms with Crippen molar-refractivity contribution < 1.29 is 9.53 Å². The number of carbonyl (C=O) groups excluding carboxylic acids is 1. The van der Waals surface area contributed by atoms with Crippen LogP contribution in [0, 0.1) is 32.6 Å². The summed E-state index contributed by atoms with van der Waals surface area (Å²) >= 11 is 0. The lowest BCUT2D eigenvalue weighted by Gasteiger charge is -2.34. The Morgan fingerprint density at radius 3 is 2.54 bits per heavy atom. The van der Waals surface area contributed by atoms with Gasteiger partial charge in [0.25, 0.3) is 5.91 Å². The van der Waals surface area contributed by atoms with Gasteiger partial charge < -0.3 is 15.0 Å². The van der Waals surface area contributed by atoms with E-state index >= 15 is 0 Å². The predicted molar refractivity (Wildman–Crippen MR) is 108 cm³/mol. The van der Waals surface area contributed by atoms with E-state index < -0.39 is 6.10 Å². The van der Waals surface area contributed by atoms with E-state index in [2.05, 4.69) is 37.1 Å². The second kappa shape index (κ2) is 9.40. The molecule has 1 aliphatic heterocycles. The Hall–Kier alpha value is -1.55. The molecular weight excluding hydrogens is 324 g/mol. The molecule has 0 bridgehead atoms. The number of rotatable bonds is 7. The average Bonchev–Trinajstić information content (AvgIpc) is 2.55. The van der Waals surface area contributed by atoms with Gasteiger partial charge in [-0.05, 0) is 81.7 Å². The zero-order chi connectivity index (χ0) is 19.3. The van der Waals surface area contributed by atoms with Gasteiger partial charge >= 0.3 is 0 Å². The van der Waals surface area contributed by atoms with Crippen LogP contribution in [0.15, 0.2) is 12.1 Å². The van der Waals surface area contributed by atoms with Crippen molar-refractivity contribution in [3.63, 3.8) is 0 Å². The van der Waals surface area contributed by atoms with E-state index in [0.29, 0.717) is 6.54 Å². The molecule has 146 valence electrons. The zero-order valence-corrected chi connectivity index (χ0v) is 17.4. The Bertz CT molecular complexity index is 604. The van der Waals surface area contributed by atoms with Crippen molar-refractivity contribution >= 4 is 5.91 Å². The van der Waals surface area contributed by atoms with E-state index in [9.17, 15) is 4.79 Å². The Morgan fingerprint density at radius 1 is 1.23 bits per heavy atom. The molecule has 1 fully saturated rings. The highest BCUT2D eigenvalue weighted by molar-refractivity contribution is 5.80. The van der Waals surface area contributed by atoms with Gasteiger partial charge in [-0.15, -0.1) is 0 Å². The van der Waals surface area contributed by atoms with E-state index in [1.165, 1.54) is 25.1 Å². The summed E-state index contributed by atoms with van der Waals surface area (Å²) in [4.78, 5) is 14.9. The number of amides is 1. The summed E-state index contributed by atoms with van der Waals surface area (Å²) in [6, 6.07) is 4.14. The number of nitrogens with one attached hydrogen (secondary N) is 1. The van der Waals surface area contributed by atoms with Crippen LogP contribution in [0.1, 0.15) is 50.3 Å². The van der Waals surface area contributed by atoms with Crippen LogP contribution in [-0.2, 0) is 4.79 Å². The fourth-order valence-electron chi connectivity index (χ4n) is 4.00. The van der Waals surface area contributed by atoms with Crippen LogP contribution in [-0.4, -0.2) is 43.1 Å². The highest BCUT2D eigenvalue weighted by atomic mass is 16.5. The first-order valence-corrected chi connectivity index (χ1v) is 10.0. The number of ether oxygens (including phenoxy) is 1. The Labute approximate surface area is 159 Å². The molecule has 0 saturated carbocycles. The number of hydrogen-bond donors (Lipinski definition) is 1. The minimum Gasteiger partial charge on any atom is -0.481 e. The maximum Gasteiger partial charge on any atom is 0.260 e. The van der Waals surface area contributed by atoms with Crippen molar-refractivity contribution in [2.75, 3.05) is 26.2 Å². The van der Waals surface area contributed by atoms with Crippen LogP contribution in [0.4, 0.5) is 0 Å². The first-order valence-electron chi connectivity index (χ1n) is 10.0. The van der Waals surface area contributed by atoms with Gasteiger partial charge in [0.05, 0.1) is 0 Å². The largest absolute Gasteiger partial charge is 0.481 e. The predicted octanol–water partition coefficient (Wildman–Crippen LogP) is 3.86. The molecule has 1 amide bonds. The Kier molecular flexibility index (Phi) is 7.51. The summed E-state index contributed by atoms with van der Waals surface area (Å²) in [5, 5.41) is 3.02. The van der Waals surface area contributed by atoms with Crippen LogP contribution in [0.25, 0.3) is 0 Å². The molecule has 4 heteroatoms. The first-order chi connectivity index (χ1) is 12.3. The zero-order valence-electron chi connectivity index (χ0n) is 17.4. The molecule has 0 aliphatic carbocycles. The number of benzene rings is 1. The van der Waals surface area contributed by atoms with Crippen molar-refractivity contribution in [1.29, 1.82) is 0 Å². The summed E-state index contributed by atoms with van der Waals surface area (Å²) < 4.78 is 5.92. The van der Waals surface area contributed by atoms with E-state index in [1.807, 2.05) is 26.8 Å². The molecule has 1 N–H and O–H groups in total. The topological polar surface area (TPSA) is 41.6 Å². The van der Waals surface area contributed by atoms with Crippen molar-refractivity contribution in [2.24, 2.45) is 11.8 Å². The van der Waals surface area contributed by atoms with Gasteiger partial charge in [-0.2, -0.15) is 0 Å². The third-order valence-corrected chi connectivity index (χ3v) is 5.33. The highest BCUT2D eigenvalue weighted by Gasteiger charge is 2.21. The van der Waals surface area contributed by atoms with Gasteiger partial charge in [0, 0.05) is 19.6 Å². The Balaban J connectivity index is 1.74. The fourth-order valence-corrected chi connectivity index (χ4v) is 4.00. The number of aryl methyl sites for hydroxylation is 2. The summed E-state index contributed by atoms with van der Waals surface area (Å²) in [7, 11) is 0. The third-order valence-electron chi connectivity index (χ3n) is 5.33. The molecule has 3 atom stereocenters. The molecule has 26 heavy (non-hydrogen) atoms. The average molecular weight is 361 g/mol. The molecule has 1 saturated heterocycles. The summed E-state index contributed by atoms with van der Waals surface area (Å²) in [5.41, 5.74) is 3.45. The van der Waals surface area contributed by atoms with Gasteiger partial charge in [-0.3, -0.25) is 4.79 Å². The van der Waals surface area contributed by atoms with E-state index in [4.69, 9.17) is 4.74 Å². The Morgan fingerprint density at radius 2 is 1.88 bits per heavy atom. The molecule has 3 unspecified atom stereocenters. The lowest BCUT2D eigenvalue weighted by atomic mass is 9.92. The van der Waals surface area contributed by atoms with Crippen molar-refractivity contribution in [1.82, 2.24) is 10.2 Å². The maximum absolute atomic E-state index is 12.3. The van der Waals surface area contributed by atoms with Gasteiger partial charge in [0.2, 0.25) is 0 Å². The molecule has 1 heterocycles. The molecule has 4 nitrogen and oxygen atoms in total. The smallest absolute Gasteiger partial charge is 0.260 e. The van der Waals surface area contributed by atoms with Crippen molar-refractivity contribution in [3.05, 3.63) is 28.8 Å². The molecule has 0 spiro atoms. The minimum absolute atomic E-state index is 0.0380. The van der Waals surface area contributed by atoms with E-state index in [0.717, 1.165) is 41.7 Å². The monoisotopic (exact) mass is 360 g/mol. The van der Waals surface area contributed by atoms with Crippen molar-refractivity contribution in [2.45, 2.75) is 60.5 Å². The molecule has 1 aliphatic rings. The van der Waals surface area contributed by atoms with Crippen LogP contribution in [0.3, 0.4) is 0 Å². The molecule has 2 rings (SSSR count). The number of hydrogen-bond acceptors (Lipinski definition) is 3. The second-order valence-electron chi connectivity index (χ2n) is 8.32. The SMILES string of the molecule is Cc1cc(C)c(C)c(OC(C)C(=O)NCCCN2CC(C)CC(C)C2)c1. The first kappa shape index (κ1) is 20.8. The molecule has 1 aromatic rings. The van der Waals surface area contributed by atoms with Crippen LogP contribution >= 0.6 is 0 Å². The summed E-state index contributed by atoms with van der Waals surface area (Å²) in [5.74, 6) is 2.33. The number of carbonyl (C=O) groups is 1. The quantitative estimate of drug-likeness (QED) is 0.751. The lowest BCUT2D eigenvalue weighted by molar-refractivity contribution is -0.127.